The van der Waals surface area contributed by atoms with Crippen LogP contribution in [0.15, 0.2) is 66.0 Å². The van der Waals surface area contributed by atoms with Crippen molar-refractivity contribution in [3.05, 3.63) is 93.7 Å². The molecule has 2 aliphatic rings. The van der Waals surface area contributed by atoms with Crippen LogP contribution in [0.2, 0.25) is 0 Å². The molecule has 0 unspecified atom stereocenters. The lowest BCUT2D eigenvalue weighted by molar-refractivity contribution is 0.101. The van der Waals surface area contributed by atoms with Crippen LogP contribution in [-0.4, -0.2) is 35.5 Å². The molecule has 5 heteroatoms. The fourth-order valence-corrected chi connectivity index (χ4v) is 6.06. The van der Waals surface area contributed by atoms with Crippen LogP contribution in [0.4, 0.5) is 8.78 Å². The second-order valence-electron chi connectivity index (χ2n) is 8.50. The first-order chi connectivity index (χ1) is 14.7. The molecule has 30 heavy (non-hydrogen) atoms. The predicted molar refractivity (Wildman–Crippen MR) is 117 cm³/mol. The van der Waals surface area contributed by atoms with E-state index in [0.29, 0.717) is 17.5 Å². The van der Waals surface area contributed by atoms with Gasteiger partial charge in [0.25, 0.3) is 0 Å². The molecule has 2 aliphatic heterocycles. The first-order valence-electron chi connectivity index (χ1n) is 10.7. The fraction of sp³-hybridized carbons (Fsp3) is 0.360. The Labute approximate surface area is 180 Å². The molecule has 0 radical (unpaired) electrons. The molecule has 3 heterocycles. The molecule has 2 saturated heterocycles. The van der Waals surface area contributed by atoms with Gasteiger partial charge in [-0.05, 0) is 41.0 Å². The van der Waals surface area contributed by atoms with Crippen molar-refractivity contribution in [3.8, 4) is 0 Å². The summed E-state index contributed by atoms with van der Waals surface area (Å²) in [6, 6.07) is 19.8. The minimum absolute atomic E-state index is 0.0144. The van der Waals surface area contributed by atoms with E-state index in [0.717, 1.165) is 39.1 Å². The van der Waals surface area contributed by atoms with Crippen LogP contribution in [-0.2, 0) is 13.1 Å². The number of rotatable bonds is 5. The van der Waals surface area contributed by atoms with Crippen molar-refractivity contribution < 1.29 is 8.78 Å². The second-order valence-corrected chi connectivity index (χ2v) is 9.53. The number of hydrogen-bond donors (Lipinski definition) is 0. The van der Waals surface area contributed by atoms with Crippen LogP contribution in [0.5, 0.6) is 0 Å². The van der Waals surface area contributed by atoms with Gasteiger partial charge in [0.15, 0.2) is 11.6 Å². The van der Waals surface area contributed by atoms with Gasteiger partial charge in [0.2, 0.25) is 0 Å². The predicted octanol–water partition coefficient (Wildman–Crippen LogP) is 5.52. The maximum absolute atomic E-state index is 14.8. The van der Waals surface area contributed by atoms with Gasteiger partial charge in [-0.25, -0.2) is 8.78 Å². The van der Waals surface area contributed by atoms with E-state index in [4.69, 9.17) is 0 Å². The van der Waals surface area contributed by atoms with Crippen molar-refractivity contribution in [2.24, 2.45) is 5.92 Å². The van der Waals surface area contributed by atoms with Crippen molar-refractivity contribution in [1.29, 1.82) is 0 Å². The van der Waals surface area contributed by atoms with Crippen molar-refractivity contribution in [2.75, 3.05) is 19.6 Å². The van der Waals surface area contributed by atoms with Gasteiger partial charge in [0.1, 0.15) is 0 Å². The summed E-state index contributed by atoms with van der Waals surface area (Å²) in [5.41, 5.74) is 1.82. The standard InChI is InChI=1S/C25H26F2N2S/c26-23-10-4-9-20(25(23)27)21-17-29(14-18-6-2-1-3-7-18)24-11-12-28(16-22(21)24)15-19-8-5-13-30-19/h1-10,13,21-22,24H,11-12,14-17H2/t21-,22-,24-/m0/s1. The monoisotopic (exact) mass is 424 g/mol. The zero-order valence-electron chi connectivity index (χ0n) is 16.9. The largest absolute Gasteiger partial charge is 0.298 e. The topological polar surface area (TPSA) is 6.48 Å². The zero-order chi connectivity index (χ0) is 20.5. The summed E-state index contributed by atoms with van der Waals surface area (Å²) in [5.74, 6) is -1.09. The van der Waals surface area contributed by atoms with E-state index in [1.54, 1.807) is 23.5 Å². The molecule has 2 aromatic carbocycles. The molecule has 0 N–H and O–H groups in total. The smallest absolute Gasteiger partial charge is 0.162 e. The van der Waals surface area contributed by atoms with Crippen LogP contribution in [0.3, 0.4) is 0 Å². The minimum atomic E-state index is -0.739. The van der Waals surface area contributed by atoms with Crippen molar-refractivity contribution in [1.82, 2.24) is 9.80 Å². The number of nitrogens with zero attached hydrogens (tertiary/aromatic N) is 2. The van der Waals surface area contributed by atoms with Crippen molar-refractivity contribution >= 4 is 11.3 Å². The maximum atomic E-state index is 14.8. The van der Waals surface area contributed by atoms with Crippen LogP contribution >= 0.6 is 11.3 Å². The Morgan fingerprint density at radius 1 is 0.900 bits per heavy atom. The molecule has 156 valence electrons. The molecule has 3 aromatic rings. The van der Waals surface area contributed by atoms with Gasteiger partial charge in [0.05, 0.1) is 0 Å². The average molecular weight is 425 g/mol. The number of piperidine rings is 1. The van der Waals surface area contributed by atoms with Gasteiger partial charge in [-0.1, -0.05) is 48.5 Å². The summed E-state index contributed by atoms with van der Waals surface area (Å²) in [7, 11) is 0. The van der Waals surface area contributed by atoms with Crippen molar-refractivity contribution in [2.45, 2.75) is 31.5 Å². The summed E-state index contributed by atoms with van der Waals surface area (Å²) in [4.78, 5) is 6.35. The van der Waals surface area contributed by atoms with E-state index in [1.807, 2.05) is 6.07 Å². The molecule has 0 bridgehead atoms. The normalized spacial score (nSPS) is 24.8. The highest BCUT2D eigenvalue weighted by molar-refractivity contribution is 7.09. The van der Waals surface area contributed by atoms with Gasteiger partial charge in [-0.2, -0.15) is 0 Å². The molecule has 5 rings (SSSR count). The van der Waals surface area contributed by atoms with E-state index in [9.17, 15) is 8.78 Å². The van der Waals surface area contributed by atoms with Crippen LogP contribution in [0, 0.1) is 17.6 Å². The molecular weight excluding hydrogens is 398 g/mol. The van der Waals surface area contributed by atoms with E-state index < -0.39 is 11.6 Å². The number of likely N-dealkylation sites (tertiary alicyclic amines) is 2. The summed E-state index contributed by atoms with van der Waals surface area (Å²) in [5, 5.41) is 2.12. The third-order valence-corrected chi connectivity index (χ3v) is 7.55. The van der Waals surface area contributed by atoms with Gasteiger partial charge >= 0.3 is 0 Å². The lowest BCUT2D eigenvalue weighted by atomic mass is 9.81. The zero-order valence-corrected chi connectivity index (χ0v) is 17.7. The Morgan fingerprint density at radius 2 is 1.77 bits per heavy atom. The van der Waals surface area contributed by atoms with E-state index in [2.05, 4.69) is 51.6 Å². The average Bonchev–Trinajstić information content (AvgIpc) is 3.39. The Bertz CT molecular complexity index is 976. The Balaban J connectivity index is 1.42. The SMILES string of the molecule is Fc1cccc([C@@H]2CN(Cc3ccccc3)[C@H]3CCN(Cc4cccs4)C[C@@H]23)c1F. The van der Waals surface area contributed by atoms with E-state index in [-0.39, 0.29) is 5.92 Å². The molecule has 0 saturated carbocycles. The molecule has 2 fully saturated rings. The third kappa shape index (κ3) is 3.94. The van der Waals surface area contributed by atoms with E-state index >= 15 is 0 Å². The molecule has 2 nitrogen and oxygen atoms in total. The van der Waals surface area contributed by atoms with Gasteiger partial charge in [-0.3, -0.25) is 9.80 Å². The molecule has 0 aliphatic carbocycles. The number of thiophene rings is 1. The Kier molecular flexibility index (Phi) is 5.68. The summed E-state index contributed by atoms with van der Waals surface area (Å²) in [6.07, 6.45) is 1.07. The summed E-state index contributed by atoms with van der Waals surface area (Å²) >= 11 is 1.78. The van der Waals surface area contributed by atoms with Gasteiger partial charge < -0.3 is 0 Å². The first-order valence-corrected chi connectivity index (χ1v) is 11.5. The van der Waals surface area contributed by atoms with Crippen LogP contribution < -0.4 is 0 Å². The highest BCUT2D eigenvalue weighted by atomic mass is 32.1. The van der Waals surface area contributed by atoms with Gasteiger partial charge in [-0.15, -0.1) is 11.3 Å². The molecule has 0 amide bonds. The quantitative estimate of drug-likeness (QED) is 0.532. The summed E-state index contributed by atoms with van der Waals surface area (Å²) in [6.45, 7) is 4.55. The third-order valence-electron chi connectivity index (χ3n) is 6.69. The Hall–Kier alpha value is -2.08. The van der Waals surface area contributed by atoms with Crippen LogP contribution in [0.1, 0.15) is 28.3 Å². The highest BCUT2D eigenvalue weighted by Crippen LogP contribution is 2.43. The highest BCUT2D eigenvalue weighted by Gasteiger charge is 2.45. The van der Waals surface area contributed by atoms with E-state index in [1.165, 1.54) is 16.5 Å². The summed E-state index contributed by atoms with van der Waals surface area (Å²) < 4.78 is 28.8. The number of benzene rings is 2. The minimum Gasteiger partial charge on any atom is -0.298 e. The van der Waals surface area contributed by atoms with Gasteiger partial charge in [0, 0.05) is 49.6 Å². The molecule has 3 atom stereocenters. The molecule has 1 aromatic heterocycles. The Morgan fingerprint density at radius 3 is 2.57 bits per heavy atom. The maximum Gasteiger partial charge on any atom is 0.162 e. The number of fused-ring (bicyclic) bond motifs is 1. The second kappa shape index (κ2) is 8.58. The number of halogens is 2. The fourth-order valence-electron chi connectivity index (χ4n) is 5.31. The molecule has 0 spiro atoms. The lowest BCUT2D eigenvalue weighted by Gasteiger charge is -2.39. The first kappa shape index (κ1) is 19.9. The lowest BCUT2D eigenvalue weighted by Crippen LogP contribution is -2.45. The number of hydrogen-bond acceptors (Lipinski definition) is 3. The van der Waals surface area contributed by atoms with Crippen LogP contribution in [0.25, 0.3) is 0 Å². The van der Waals surface area contributed by atoms with Crippen molar-refractivity contribution in [3.63, 3.8) is 0 Å². The molecular formula is C25H26F2N2S.